The molecule has 0 bridgehead atoms. The molecule has 0 saturated carbocycles. The Morgan fingerprint density at radius 3 is 2.35 bits per heavy atom. The average molecular weight is 302 g/mol. The van der Waals surface area contributed by atoms with E-state index in [1.54, 1.807) is 11.0 Å². The molecule has 0 saturated heterocycles. The van der Waals surface area contributed by atoms with Crippen molar-refractivity contribution < 1.29 is 0 Å². The number of nitrogens with zero attached hydrogens (tertiary/aromatic N) is 4. The third-order valence-corrected chi connectivity index (χ3v) is 4.24. The third kappa shape index (κ3) is 2.32. The van der Waals surface area contributed by atoms with E-state index < -0.39 is 0 Å². The summed E-state index contributed by atoms with van der Waals surface area (Å²) in [5.41, 5.74) is 7.11. The molecule has 0 amide bonds. The lowest BCUT2D eigenvalue weighted by Gasteiger charge is -2.07. The fourth-order valence-electron chi connectivity index (χ4n) is 2.90. The molecule has 0 spiro atoms. The monoisotopic (exact) mass is 302 g/mol. The molecular formula is C19H18N4. The smallest absolute Gasteiger partial charge is 0.232 e. The van der Waals surface area contributed by atoms with E-state index in [1.807, 2.05) is 17.6 Å². The zero-order valence-corrected chi connectivity index (χ0v) is 13.5. The second-order valence-corrected chi connectivity index (χ2v) is 5.98. The van der Waals surface area contributed by atoms with Crippen LogP contribution in [0.15, 0.2) is 55.0 Å². The molecule has 4 rings (SSSR count). The van der Waals surface area contributed by atoms with Gasteiger partial charge in [-0.25, -0.2) is 9.67 Å². The number of fused-ring (bicyclic) bond motifs is 1. The Morgan fingerprint density at radius 2 is 1.65 bits per heavy atom. The number of imidazole rings is 1. The molecule has 2 aromatic heterocycles. The van der Waals surface area contributed by atoms with E-state index in [2.05, 4.69) is 66.4 Å². The first-order valence-electron chi connectivity index (χ1n) is 7.66. The molecule has 0 atom stereocenters. The second-order valence-electron chi connectivity index (χ2n) is 5.98. The number of hydrogen-bond acceptors (Lipinski definition) is 2. The van der Waals surface area contributed by atoms with Gasteiger partial charge in [0.2, 0.25) is 5.78 Å². The van der Waals surface area contributed by atoms with E-state index in [1.165, 1.54) is 22.3 Å². The van der Waals surface area contributed by atoms with Crippen LogP contribution in [0.3, 0.4) is 0 Å². The van der Waals surface area contributed by atoms with Gasteiger partial charge < -0.3 is 0 Å². The minimum Gasteiger partial charge on any atom is -0.272 e. The largest absolute Gasteiger partial charge is 0.272 e. The van der Waals surface area contributed by atoms with Crippen molar-refractivity contribution in [1.29, 1.82) is 0 Å². The van der Waals surface area contributed by atoms with Crippen molar-refractivity contribution in [3.8, 4) is 22.4 Å². The second kappa shape index (κ2) is 5.09. The quantitative estimate of drug-likeness (QED) is 0.560. The van der Waals surface area contributed by atoms with Crippen LogP contribution in [-0.2, 0) is 7.05 Å². The third-order valence-electron chi connectivity index (χ3n) is 4.24. The average Bonchev–Trinajstić information content (AvgIpc) is 3.10. The Morgan fingerprint density at radius 1 is 0.913 bits per heavy atom. The molecule has 2 aromatic carbocycles. The first kappa shape index (κ1) is 13.8. The highest BCUT2D eigenvalue weighted by Crippen LogP contribution is 2.28. The van der Waals surface area contributed by atoms with Gasteiger partial charge in [-0.2, -0.15) is 5.10 Å². The maximum absolute atomic E-state index is 4.68. The van der Waals surface area contributed by atoms with E-state index >= 15 is 0 Å². The molecule has 2 heterocycles. The molecule has 4 heteroatoms. The first-order valence-corrected chi connectivity index (χ1v) is 7.66. The molecule has 23 heavy (non-hydrogen) atoms. The van der Waals surface area contributed by atoms with Gasteiger partial charge in [-0.3, -0.25) is 4.40 Å². The van der Waals surface area contributed by atoms with Gasteiger partial charge in [0.15, 0.2) is 0 Å². The van der Waals surface area contributed by atoms with E-state index in [4.69, 9.17) is 0 Å². The maximum Gasteiger partial charge on any atom is 0.232 e. The minimum absolute atomic E-state index is 0.849. The lowest BCUT2D eigenvalue weighted by atomic mass is 9.98. The fourth-order valence-corrected chi connectivity index (χ4v) is 2.90. The van der Waals surface area contributed by atoms with Gasteiger partial charge in [0.1, 0.15) is 6.33 Å². The SMILES string of the molecule is Cc1ccc(-c2ccc(-c3cn4cnn(C)c4n3)c(C)c2)cc1. The van der Waals surface area contributed by atoms with E-state index in [-0.39, 0.29) is 0 Å². The van der Waals surface area contributed by atoms with Gasteiger partial charge in [-0.15, -0.1) is 0 Å². The minimum atomic E-state index is 0.849. The van der Waals surface area contributed by atoms with Crippen molar-refractivity contribution >= 4 is 5.78 Å². The van der Waals surface area contributed by atoms with Crippen LogP contribution < -0.4 is 0 Å². The Kier molecular flexibility index (Phi) is 3.05. The molecule has 0 aliphatic carbocycles. The van der Waals surface area contributed by atoms with Crippen LogP contribution in [0.25, 0.3) is 28.2 Å². The highest BCUT2D eigenvalue weighted by Gasteiger charge is 2.10. The van der Waals surface area contributed by atoms with E-state index in [0.29, 0.717) is 0 Å². The molecule has 114 valence electrons. The number of hydrogen-bond donors (Lipinski definition) is 0. The van der Waals surface area contributed by atoms with Crippen LogP contribution in [0.4, 0.5) is 0 Å². The van der Waals surface area contributed by atoms with Crippen molar-refractivity contribution in [2.75, 3.05) is 0 Å². The molecule has 0 aliphatic rings. The van der Waals surface area contributed by atoms with Crippen molar-refractivity contribution in [2.24, 2.45) is 7.05 Å². The number of aryl methyl sites for hydroxylation is 3. The molecular weight excluding hydrogens is 284 g/mol. The molecule has 0 fully saturated rings. The summed E-state index contributed by atoms with van der Waals surface area (Å²) in [5.74, 6) is 0.849. The normalized spacial score (nSPS) is 11.3. The van der Waals surface area contributed by atoms with Crippen LogP contribution in [-0.4, -0.2) is 19.2 Å². The number of rotatable bonds is 2. The van der Waals surface area contributed by atoms with Gasteiger partial charge in [-0.1, -0.05) is 48.0 Å². The van der Waals surface area contributed by atoms with Crippen LogP contribution in [0.5, 0.6) is 0 Å². The summed E-state index contributed by atoms with van der Waals surface area (Å²) in [6.45, 7) is 4.24. The molecule has 0 aliphatic heterocycles. The Balaban J connectivity index is 1.76. The summed E-state index contributed by atoms with van der Waals surface area (Å²) in [7, 11) is 1.90. The zero-order valence-electron chi connectivity index (χ0n) is 13.5. The van der Waals surface area contributed by atoms with Crippen molar-refractivity contribution in [1.82, 2.24) is 19.2 Å². The molecule has 0 unspecified atom stereocenters. The molecule has 4 aromatic rings. The maximum atomic E-state index is 4.68. The lowest BCUT2D eigenvalue weighted by Crippen LogP contribution is -1.91. The molecule has 0 radical (unpaired) electrons. The van der Waals surface area contributed by atoms with Crippen molar-refractivity contribution in [3.05, 3.63) is 66.1 Å². The summed E-state index contributed by atoms with van der Waals surface area (Å²) in [6, 6.07) is 15.2. The number of aromatic nitrogens is 4. The highest BCUT2D eigenvalue weighted by atomic mass is 15.4. The summed E-state index contributed by atoms with van der Waals surface area (Å²) in [5, 5.41) is 4.19. The Bertz CT molecular complexity index is 990. The Labute approximate surface area is 135 Å². The summed E-state index contributed by atoms with van der Waals surface area (Å²) in [6.07, 6.45) is 3.80. The zero-order chi connectivity index (χ0) is 16.0. The summed E-state index contributed by atoms with van der Waals surface area (Å²) < 4.78 is 3.72. The molecule has 0 N–H and O–H groups in total. The predicted molar refractivity (Wildman–Crippen MR) is 92.3 cm³/mol. The van der Waals surface area contributed by atoms with Gasteiger partial charge >= 0.3 is 0 Å². The van der Waals surface area contributed by atoms with Crippen molar-refractivity contribution in [3.63, 3.8) is 0 Å². The van der Waals surface area contributed by atoms with Crippen LogP contribution in [0.1, 0.15) is 11.1 Å². The van der Waals surface area contributed by atoms with E-state index in [0.717, 1.165) is 17.0 Å². The first-order chi connectivity index (χ1) is 11.1. The van der Waals surface area contributed by atoms with Crippen LogP contribution in [0, 0.1) is 13.8 Å². The van der Waals surface area contributed by atoms with Gasteiger partial charge in [0.25, 0.3) is 0 Å². The van der Waals surface area contributed by atoms with Gasteiger partial charge in [0, 0.05) is 18.8 Å². The van der Waals surface area contributed by atoms with Gasteiger partial charge in [0.05, 0.1) is 5.69 Å². The van der Waals surface area contributed by atoms with Crippen molar-refractivity contribution in [2.45, 2.75) is 13.8 Å². The van der Waals surface area contributed by atoms with Crippen LogP contribution >= 0.6 is 0 Å². The van der Waals surface area contributed by atoms with Gasteiger partial charge in [-0.05, 0) is 30.5 Å². The fraction of sp³-hybridized carbons (Fsp3) is 0.158. The Hall–Kier alpha value is -2.88. The lowest BCUT2D eigenvalue weighted by molar-refractivity contribution is 0.787. The topological polar surface area (TPSA) is 35.1 Å². The van der Waals surface area contributed by atoms with E-state index in [9.17, 15) is 0 Å². The predicted octanol–water partition coefficient (Wildman–Crippen LogP) is 4.02. The summed E-state index contributed by atoms with van der Waals surface area (Å²) >= 11 is 0. The standard InChI is InChI=1S/C19H18N4/c1-13-4-6-15(7-5-13)16-8-9-17(14(2)10-16)18-11-23-12-20-22(3)19(23)21-18/h4-12H,1-3H3. The number of benzene rings is 2. The highest BCUT2D eigenvalue weighted by molar-refractivity contribution is 5.72. The van der Waals surface area contributed by atoms with Crippen LogP contribution in [0.2, 0.25) is 0 Å². The summed E-state index contributed by atoms with van der Waals surface area (Å²) in [4.78, 5) is 4.68. The molecule has 4 nitrogen and oxygen atoms in total.